The minimum atomic E-state index is 0.707. The van der Waals surface area contributed by atoms with Crippen LogP contribution in [0, 0.1) is 27.7 Å². The topological polar surface area (TPSA) is 42.2 Å². The van der Waals surface area contributed by atoms with Gasteiger partial charge in [-0.15, -0.1) is 0 Å². The molecular weight excluding hydrogens is 344 g/mol. The molecule has 0 amide bonds. The quantitative estimate of drug-likeness (QED) is 0.489. The van der Waals surface area contributed by atoms with E-state index in [-0.39, 0.29) is 0 Å². The van der Waals surface area contributed by atoms with Gasteiger partial charge in [-0.2, -0.15) is 0 Å². The van der Waals surface area contributed by atoms with Crippen molar-refractivity contribution in [1.29, 1.82) is 0 Å². The number of nitrogens with zero attached hydrogens (tertiary/aromatic N) is 3. The van der Waals surface area contributed by atoms with Gasteiger partial charge in [0.05, 0.1) is 0 Å². The minimum Gasteiger partial charge on any atom is -0.339 e. The molecule has 0 unspecified atom stereocenters. The van der Waals surface area contributed by atoms with E-state index in [0.717, 1.165) is 34.2 Å². The molecule has 0 radical (unpaired) electrons. The third-order valence-corrected chi connectivity index (χ3v) is 4.89. The van der Waals surface area contributed by atoms with Gasteiger partial charge in [0.1, 0.15) is 11.5 Å². The lowest BCUT2D eigenvalue weighted by molar-refractivity contribution is 1.02. The second-order valence-corrected chi connectivity index (χ2v) is 7.16. The molecule has 28 heavy (non-hydrogen) atoms. The van der Waals surface area contributed by atoms with E-state index in [4.69, 9.17) is 4.98 Å². The molecule has 0 atom stereocenters. The summed E-state index contributed by atoms with van der Waals surface area (Å²) in [5.41, 5.74) is 7.58. The summed E-state index contributed by atoms with van der Waals surface area (Å²) in [6.45, 7) is 8.32. The first kappa shape index (κ1) is 18.0. The van der Waals surface area contributed by atoms with Crippen LogP contribution in [-0.2, 0) is 0 Å². The van der Waals surface area contributed by atoms with Crippen LogP contribution in [0.3, 0.4) is 0 Å². The number of fused-ring (bicyclic) bond motifs is 1. The largest absolute Gasteiger partial charge is 0.339 e. The van der Waals surface area contributed by atoms with Crippen LogP contribution in [0.2, 0.25) is 0 Å². The maximum atomic E-state index is 4.81. The summed E-state index contributed by atoms with van der Waals surface area (Å²) in [6.07, 6.45) is 4.13. The summed E-state index contributed by atoms with van der Waals surface area (Å²) < 4.78 is 2.09. The molecule has 0 aliphatic carbocycles. The van der Waals surface area contributed by atoms with Gasteiger partial charge in [0.15, 0.2) is 0 Å². The molecule has 4 rings (SSSR count). The summed E-state index contributed by atoms with van der Waals surface area (Å²) in [4.78, 5) is 9.44. The van der Waals surface area contributed by atoms with Crippen LogP contribution in [0.1, 0.15) is 33.8 Å². The molecule has 0 aliphatic heterocycles. The standard InChI is InChI=1S/C24H24N4/c1-16-9-8-10-17(2)22(16)27-23-21(14-13-20-11-6-5-7-12-20)26-24-25-18(3)15-19(4)28(23)24/h5-15,27H,1-4H3/b14-13+. The highest BCUT2D eigenvalue weighted by atomic mass is 15.2. The summed E-state index contributed by atoms with van der Waals surface area (Å²) >= 11 is 0. The second kappa shape index (κ2) is 7.31. The van der Waals surface area contributed by atoms with Crippen molar-refractivity contribution in [2.24, 2.45) is 0 Å². The van der Waals surface area contributed by atoms with Crippen molar-refractivity contribution >= 4 is 29.4 Å². The molecule has 0 aliphatic rings. The average molecular weight is 368 g/mol. The fourth-order valence-corrected chi connectivity index (χ4v) is 3.50. The maximum Gasteiger partial charge on any atom is 0.236 e. The molecule has 0 spiro atoms. The number of nitrogens with one attached hydrogen (secondary N) is 1. The number of aromatic nitrogens is 3. The van der Waals surface area contributed by atoms with Gasteiger partial charge in [0.2, 0.25) is 5.78 Å². The summed E-state index contributed by atoms with van der Waals surface area (Å²) in [7, 11) is 0. The summed E-state index contributed by atoms with van der Waals surface area (Å²) in [5.74, 6) is 1.64. The van der Waals surface area contributed by atoms with E-state index in [1.807, 2.05) is 25.1 Å². The highest BCUT2D eigenvalue weighted by Crippen LogP contribution is 2.29. The number of benzene rings is 2. The van der Waals surface area contributed by atoms with Crippen LogP contribution < -0.4 is 5.32 Å². The molecule has 140 valence electrons. The molecule has 4 heteroatoms. The molecule has 2 aromatic heterocycles. The van der Waals surface area contributed by atoms with Gasteiger partial charge >= 0.3 is 0 Å². The third-order valence-electron chi connectivity index (χ3n) is 4.89. The Bertz CT molecular complexity index is 1150. The molecule has 0 saturated carbocycles. The van der Waals surface area contributed by atoms with Crippen LogP contribution in [0.4, 0.5) is 11.5 Å². The van der Waals surface area contributed by atoms with Gasteiger partial charge in [-0.05, 0) is 56.5 Å². The number of para-hydroxylation sites is 1. The fraction of sp³-hybridized carbons (Fsp3) is 0.167. The van der Waals surface area contributed by atoms with Gasteiger partial charge in [-0.25, -0.2) is 9.97 Å². The lowest BCUT2D eigenvalue weighted by atomic mass is 10.1. The number of aryl methyl sites for hydroxylation is 4. The smallest absolute Gasteiger partial charge is 0.236 e. The Hall–Kier alpha value is -3.40. The van der Waals surface area contributed by atoms with Gasteiger partial charge in [-0.3, -0.25) is 4.40 Å². The first-order chi connectivity index (χ1) is 13.5. The highest BCUT2D eigenvalue weighted by Gasteiger charge is 2.15. The molecule has 2 aromatic carbocycles. The molecule has 0 bridgehead atoms. The van der Waals surface area contributed by atoms with E-state index in [2.05, 4.69) is 84.0 Å². The van der Waals surface area contributed by atoms with Crippen molar-refractivity contribution < 1.29 is 0 Å². The zero-order valence-electron chi connectivity index (χ0n) is 16.7. The molecule has 4 nitrogen and oxygen atoms in total. The zero-order chi connectivity index (χ0) is 19.7. The van der Waals surface area contributed by atoms with Gasteiger partial charge < -0.3 is 5.32 Å². The van der Waals surface area contributed by atoms with Gasteiger partial charge in [0.25, 0.3) is 0 Å². The lowest BCUT2D eigenvalue weighted by Gasteiger charge is -2.14. The Morgan fingerprint density at radius 2 is 1.54 bits per heavy atom. The summed E-state index contributed by atoms with van der Waals surface area (Å²) in [5, 5.41) is 3.64. The van der Waals surface area contributed by atoms with Crippen molar-refractivity contribution in [3.63, 3.8) is 0 Å². The monoisotopic (exact) mass is 368 g/mol. The number of hydrogen-bond donors (Lipinski definition) is 1. The Morgan fingerprint density at radius 3 is 2.25 bits per heavy atom. The van der Waals surface area contributed by atoms with E-state index in [1.165, 1.54) is 11.1 Å². The number of anilines is 2. The van der Waals surface area contributed by atoms with Crippen LogP contribution >= 0.6 is 0 Å². The predicted molar refractivity (Wildman–Crippen MR) is 117 cm³/mol. The Morgan fingerprint density at radius 1 is 0.821 bits per heavy atom. The Balaban J connectivity index is 1.88. The Kier molecular flexibility index (Phi) is 4.70. The molecule has 0 fully saturated rings. The normalized spacial score (nSPS) is 11.4. The van der Waals surface area contributed by atoms with E-state index >= 15 is 0 Å². The number of hydrogen-bond acceptors (Lipinski definition) is 3. The predicted octanol–water partition coefficient (Wildman–Crippen LogP) is 5.88. The number of rotatable bonds is 4. The lowest BCUT2D eigenvalue weighted by Crippen LogP contribution is -2.03. The van der Waals surface area contributed by atoms with Crippen LogP contribution in [-0.4, -0.2) is 14.4 Å². The van der Waals surface area contributed by atoms with Gasteiger partial charge in [0, 0.05) is 17.1 Å². The van der Waals surface area contributed by atoms with Crippen molar-refractivity contribution in [3.8, 4) is 0 Å². The van der Waals surface area contributed by atoms with Crippen LogP contribution in [0.5, 0.6) is 0 Å². The van der Waals surface area contributed by atoms with Crippen molar-refractivity contribution in [3.05, 3.63) is 88.4 Å². The summed E-state index contributed by atoms with van der Waals surface area (Å²) in [6, 6.07) is 18.7. The zero-order valence-corrected chi connectivity index (χ0v) is 16.7. The van der Waals surface area contributed by atoms with Crippen LogP contribution in [0.25, 0.3) is 17.9 Å². The molecule has 4 aromatic rings. The maximum absolute atomic E-state index is 4.81. The van der Waals surface area contributed by atoms with Crippen LogP contribution in [0.15, 0.2) is 54.6 Å². The van der Waals surface area contributed by atoms with Crippen molar-refractivity contribution in [2.45, 2.75) is 27.7 Å². The molecule has 0 saturated heterocycles. The van der Waals surface area contributed by atoms with Crippen molar-refractivity contribution in [1.82, 2.24) is 14.4 Å². The van der Waals surface area contributed by atoms with E-state index < -0.39 is 0 Å². The van der Waals surface area contributed by atoms with E-state index in [1.54, 1.807) is 0 Å². The third kappa shape index (κ3) is 3.41. The number of imidazole rings is 1. The van der Waals surface area contributed by atoms with E-state index in [0.29, 0.717) is 5.78 Å². The SMILES string of the molecule is Cc1cc(C)n2c(Nc3c(C)cccc3C)c(/C=C/c3ccccc3)nc2n1. The van der Waals surface area contributed by atoms with Gasteiger partial charge in [-0.1, -0.05) is 54.6 Å². The van der Waals surface area contributed by atoms with Crippen molar-refractivity contribution in [2.75, 3.05) is 5.32 Å². The highest BCUT2D eigenvalue weighted by molar-refractivity contribution is 5.79. The second-order valence-electron chi connectivity index (χ2n) is 7.16. The Labute approximate surface area is 165 Å². The fourth-order valence-electron chi connectivity index (χ4n) is 3.50. The first-order valence-corrected chi connectivity index (χ1v) is 9.46. The molecule has 1 N–H and O–H groups in total. The first-order valence-electron chi connectivity index (χ1n) is 9.46. The average Bonchev–Trinajstić information content (AvgIpc) is 3.01. The minimum absolute atomic E-state index is 0.707. The molecular formula is C24H24N4. The van der Waals surface area contributed by atoms with E-state index in [9.17, 15) is 0 Å². The molecule has 2 heterocycles.